The predicted octanol–water partition coefficient (Wildman–Crippen LogP) is 1.99. The zero-order valence-corrected chi connectivity index (χ0v) is 15.7. The Bertz CT molecular complexity index is 983. The maximum atomic E-state index is 10.9. The zero-order chi connectivity index (χ0) is 21.7. The number of nitrogens with one attached hydrogen (secondary N) is 2. The standard InChI is InChI=1S/2C8H5NO2.C6H8N2/c2*10-7-5-3-1-2-4-6(5)8(11)9-7;7-5-1-2-6(8)4-3-5/h2*1-4H,(H,9,10,11);1-4H,7-8H2. The van der Waals surface area contributed by atoms with Crippen molar-refractivity contribution < 1.29 is 19.2 Å². The molecule has 0 aromatic heterocycles. The summed E-state index contributed by atoms with van der Waals surface area (Å²) in [6, 6.07) is 20.6. The summed E-state index contributed by atoms with van der Waals surface area (Å²) in [5.41, 5.74) is 14.1. The SMILES string of the molecule is Nc1ccc(N)cc1.O=C1NC(=O)c2ccccc21.O=C1NC(=O)c2ccccc21. The molecular formula is C22H18N4O4. The summed E-state index contributed by atoms with van der Waals surface area (Å²) >= 11 is 0. The zero-order valence-electron chi connectivity index (χ0n) is 15.7. The van der Waals surface area contributed by atoms with E-state index in [4.69, 9.17) is 11.5 Å². The van der Waals surface area contributed by atoms with Gasteiger partial charge in [0.05, 0.1) is 22.3 Å². The molecule has 0 saturated heterocycles. The highest BCUT2D eigenvalue weighted by Gasteiger charge is 2.25. The topological polar surface area (TPSA) is 144 Å². The van der Waals surface area contributed by atoms with Gasteiger partial charge < -0.3 is 11.5 Å². The third-order valence-corrected chi connectivity index (χ3v) is 4.22. The van der Waals surface area contributed by atoms with Gasteiger partial charge in [-0.1, -0.05) is 24.3 Å². The number of nitrogens with two attached hydrogens (primary N) is 2. The summed E-state index contributed by atoms with van der Waals surface area (Å²) in [7, 11) is 0. The largest absolute Gasteiger partial charge is 0.399 e. The lowest BCUT2D eigenvalue weighted by Crippen LogP contribution is -2.19. The van der Waals surface area contributed by atoms with E-state index in [-0.39, 0.29) is 23.6 Å². The molecule has 2 heterocycles. The summed E-state index contributed by atoms with van der Waals surface area (Å²) in [6.45, 7) is 0. The maximum absolute atomic E-state index is 10.9. The van der Waals surface area contributed by atoms with Crippen molar-refractivity contribution in [3.05, 3.63) is 95.1 Å². The van der Waals surface area contributed by atoms with E-state index in [2.05, 4.69) is 10.6 Å². The molecule has 0 saturated carbocycles. The first kappa shape index (κ1) is 20.3. The average molecular weight is 402 g/mol. The lowest BCUT2D eigenvalue weighted by atomic mass is 10.1. The summed E-state index contributed by atoms with van der Waals surface area (Å²) in [6.07, 6.45) is 0. The average Bonchev–Trinajstić information content (AvgIpc) is 3.21. The third-order valence-electron chi connectivity index (χ3n) is 4.22. The van der Waals surface area contributed by atoms with Gasteiger partial charge in [0.2, 0.25) is 0 Å². The van der Waals surface area contributed by atoms with Crippen molar-refractivity contribution in [1.29, 1.82) is 0 Å². The highest BCUT2D eigenvalue weighted by atomic mass is 16.2. The summed E-state index contributed by atoms with van der Waals surface area (Å²) in [5, 5.41) is 4.41. The molecular weight excluding hydrogens is 384 g/mol. The number of amides is 4. The van der Waals surface area contributed by atoms with Crippen LogP contribution in [0, 0.1) is 0 Å². The van der Waals surface area contributed by atoms with Crippen molar-refractivity contribution in [2.45, 2.75) is 0 Å². The Balaban J connectivity index is 0.000000130. The highest BCUT2D eigenvalue weighted by molar-refractivity contribution is 6.22. The van der Waals surface area contributed by atoms with Crippen LogP contribution < -0.4 is 22.1 Å². The Morgan fingerprint density at radius 2 is 0.667 bits per heavy atom. The second-order valence-corrected chi connectivity index (χ2v) is 6.32. The Labute approximate surface area is 171 Å². The van der Waals surface area contributed by atoms with Gasteiger partial charge in [-0.05, 0) is 48.5 Å². The monoisotopic (exact) mass is 402 g/mol. The van der Waals surface area contributed by atoms with E-state index in [9.17, 15) is 19.2 Å². The number of hydrogen-bond acceptors (Lipinski definition) is 6. The first-order valence-corrected chi connectivity index (χ1v) is 8.87. The first-order chi connectivity index (χ1) is 14.4. The summed E-state index contributed by atoms with van der Waals surface area (Å²) in [4.78, 5) is 43.8. The van der Waals surface area contributed by atoms with Crippen molar-refractivity contribution in [3.63, 3.8) is 0 Å². The van der Waals surface area contributed by atoms with Crippen LogP contribution in [0.5, 0.6) is 0 Å². The quantitative estimate of drug-likeness (QED) is 0.334. The minimum absolute atomic E-state index is 0.300. The van der Waals surface area contributed by atoms with E-state index in [1.807, 2.05) is 0 Å². The van der Waals surface area contributed by atoms with Gasteiger partial charge >= 0.3 is 0 Å². The van der Waals surface area contributed by atoms with Crippen molar-refractivity contribution in [3.8, 4) is 0 Å². The van der Waals surface area contributed by atoms with Crippen molar-refractivity contribution >= 4 is 35.0 Å². The fraction of sp³-hybridized carbons (Fsp3) is 0. The highest BCUT2D eigenvalue weighted by Crippen LogP contribution is 2.14. The number of rotatable bonds is 0. The minimum atomic E-state index is -0.300. The van der Waals surface area contributed by atoms with E-state index in [0.717, 1.165) is 11.4 Å². The van der Waals surface area contributed by atoms with E-state index >= 15 is 0 Å². The number of hydrogen-bond donors (Lipinski definition) is 4. The summed E-state index contributed by atoms with van der Waals surface area (Å²) in [5.74, 6) is -1.20. The number of benzene rings is 3. The molecule has 3 aromatic rings. The maximum Gasteiger partial charge on any atom is 0.258 e. The second kappa shape index (κ2) is 8.70. The van der Waals surface area contributed by atoms with Crippen molar-refractivity contribution in [2.24, 2.45) is 0 Å². The van der Waals surface area contributed by atoms with Gasteiger partial charge in [-0.3, -0.25) is 29.8 Å². The molecule has 4 amide bonds. The molecule has 3 aromatic carbocycles. The molecule has 2 aliphatic rings. The second-order valence-electron chi connectivity index (χ2n) is 6.32. The number of imide groups is 2. The fourth-order valence-electron chi connectivity index (χ4n) is 2.73. The molecule has 2 aliphatic heterocycles. The molecule has 0 unspecified atom stereocenters. The number of carbonyl (C=O) groups is 4. The van der Waals surface area contributed by atoms with Crippen LogP contribution in [0.2, 0.25) is 0 Å². The fourth-order valence-corrected chi connectivity index (χ4v) is 2.73. The van der Waals surface area contributed by atoms with E-state index in [1.54, 1.807) is 72.8 Å². The predicted molar refractivity (Wildman–Crippen MR) is 112 cm³/mol. The van der Waals surface area contributed by atoms with Crippen LogP contribution in [-0.4, -0.2) is 23.6 Å². The van der Waals surface area contributed by atoms with Crippen molar-refractivity contribution in [1.82, 2.24) is 10.6 Å². The molecule has 0 atom stereocenters. The van der Waals surface area contributed by atoms with Crippen LogP contribution in [0.4, 0.5) is 11.4 Å². The van der Waals surface area contributed by atoms with Crippen LogP contribution in [-0.2, 0) is 0 Å². The van der Waals surface area contributed by atoms with Crippen LogP contribution >= 0.6 is 0 Å². The Kier molecular flexibility index (Phi) is 5.88. The lowest BCUT2D eigenvalue weighted by Gasteiger charge is -1.90. The summed E-state index contributed by atoms with van der Waals surface area (Å²) < 4.78 is 0. The van der Waals surface area contributed by atoms with Gasteiger partial charge in [-0.25, -0.2) is 0 Å². The third kappa shape index (κ3) is 4.50. The first-order valence-electron chi connectivity index (χ1n) is 8.87. The number of carbonyl (C=O) groups excluding carboxylic acids is 4. The molecule has 8 nitrogen and oxygen atoms in total. The van der Waals surface area contributed by atoms with E-state index in [1.165, 1.54) is 0 Å². The number of fused-ring (bicyclic) bond motifs is 2. The van der Waals surface area contributed by atoms with Gasteiger partial charge in [-0.2, -0.15) is 0 Å². The molecule has 0 fully saturated rings. The normalized spacial score (nSPS) is 13.1. The Morgan fingerprint density at radius 3 is 0.900 bits per heavy atom. The van der Waals surface area contributed by atoms with Gasteiger partial charge in [-0.15, -0.1) is 0 Å². The molecule has 5 rings (SSSR count). The molecule has 8 heteroatoms. The van der Waals surface area contributed by atoms with Gasteiger partial charge in [0, 0.05) is 11.4 Å². The van der Waals surface area contributed by atoms with E-state index < -0.39 is 0 Å². The molecule has 0 bridgehead atoms. The van der Waals surface area contributed by atoms with Crippen LogP contribution in [0.3, 0.4) is 0 Å². The van der Waals surface area contributed by atoms with Crippen LogP contribution in [0.1, 0.15) is 41.4 Å². The van der Waals surface area contributed by atoms with Gasteiger partial charge in [0.15, 0.2) is 0 Å². The number of anilines is 2. The van der Waals surface area contributed by atoms with Gasteiger partial charge in [0.25, 0.3) is 23.6 Å². The smallest absolute Gasteiger partial charge is 0.258 e. The molecule has 150 valence electrons. The molecule has 30 heavy (non-hydrogen) atoms. The molecule has 0 radical (unpaired) electrons. The van der Waals surface area contributed by atoms with Crippen LogP contribution in [0.25, 0.3) is 0 Å². The molecule has 6 N–H and O–H groups in total. The molecule has 0 spiro atoms. The number of nitrogen functional groups attached to an aromatic ring is 2. The Morgan fingerprint density at radius 1 is 0.433 bits per heavy atom. The van der Waals surface area contributed by atoms with Crippen molar-refractivity contribution in [2.75, 3.05) is 11.5 Å². The van der Waals surface area contributed by atoms with Gasteiger partial charge in [0.1, 0.15) is 0 Å². The lowest BCUT2D eigenvalue weighted by molar-refractivity contribution is 0.0863. The van der Waals surface area contributed by atoms with E-state index in [0.29, 0.717) is 22.3 Å². The minimum Gasteiger partial charge on any atom is -0.399 e. The van der Waals surface area contributed by atoms with Crippen LogP contribution in [0.15, 0.2) is 72.8 Å². The Hall–Kier alpha value is -4.46. The molecule has 0 aliphatic carbocycles.